The van der Waals surface area contributed by atoms with Crippen LogP contribution >= 0.6 is 0 Å². The van der Waals surface area contributed by atoms with Gasteiger partial charge in [0.2, 0.25) is 0 Å². The second-order valence-corrected chi connectivity index (χ2v) is 3.10. The number of hydrogen-bond acceptors (Lipinski definition) is 5. The summed E-state index contributed by atoms with van der Waals surface area (Å²) in [7, 11) is 0. The second-order valence-electron chi connectivity index (χ2n) is 3.10. The summed E-state index contributed by atoms with van der Waals surface area (Å²) in [6.45, 7) is 1.09. The number of aryl methyl sites for hydroxylation is 1. The predicted octanol–water partition coefficient (Wildman–Crippen LogP) is 1.66. The average molecular weight is 251 g/mol. The molecule has 0 spiro atoms. The van der Waals surface area contributed by atoms with Crippen LogP contribution in [0.1, 0.15) is 11.1 Å². The molecule has 17 heavy (non-hydrogen) atoms. The molecule has 0 bridgehead atoms. The SMILES string of the molecule is Cc1cc(CN)c([N+](=O)[O-])nc1OC(F)(F)F. The van der Waals surface area contributed by atoms with Crippen molar-refractivity contribution in [3.63, 3.8) is 0 Å². The Labute approximate surface area is 93.3 Å². The molecule has 0 saturated carbocycles. The third kappa shape index (κ3) is 3.28. The van der Waals surface area contributed by atoms with Gasteiger partial charge in [0.05, 0.1) is 5.56 Å². The van der Waals surface area contributed by atoms with Crippen LogP contribution in [0.25, 0.3) is 0 Å². The molecule has 6 nitrogen and oxygen atoms in total. The summed E-state index contributed by atoms with van der Waals surface area (Å²) >= 11 is 0. The van der Waals surface area contributed by atoms with Crippen molar-refractivity contribution in [2.45, 2.75) is 19.8 Å². The monoisotopic (exact) mass is 251 g/mol. The lowest BCUT2D eigenvalue weighted by molar-refractivity contribution is -0.390. The van der Waals surface area contributed by atoms with E-state index in [0.29, 0.717) is 0 Å². The highest BCUT2D eigenvalue weighted by Gasteiger charge is 2.35. The maximum absolute atomic E-state index is 12.0. The van der Waals surface area contributed by atoms with E-state index in [4.69, 9.17) is 5.73 Å². The van der Waals surface area contributed by atoms with Crippen molar-refractivity contribution in [3.05, 3.63) is 27.3 Å². The number of hydrogen-bond donors (Lipinski definition) is 1. The van der Waals surface area contributed by atoms with Crippen molar-refractivity contribution >= 4 is 5.82 Å². The number of pyridine rings is 1. The number of aromatic nitrogens is 1. The van der Waals surface area contributed by atoms with E-state index in [-0.39, 0.29) is 17.7 Å². The predicted molar refractivity (Wildman–Crippen MR) is 50.2 cm³/mol. The molecular formula is C8H8F3N3O3. The van der Waals surface area contributed by atoms with Crippen LogP contribution in [0.4, 0.5) is 19.0 Å². The minimum absolute atomic E-state index is 0.0216. The molecule has 0 atom stereocenters. The quantitative estimate of drug-likeness (QED) is 0.651. The molecule has 0 unspecified atom stereocenters. The average Bonchev–Trinajstić information content (AvgIpc) is 2.18. The Balaban J connectivity index is 3.25. The van der Waals surface area contributed by atoms with E-state index in [1.54, 1.807) is 0 Å². The standard InChI is InChI=1S/C8H8F3N3O3/c1-4-2-5(3-12)6(14(15)16)13-7(4)17-8(9,10)11/h2H,3,12H2,1H3. The molecule has 0 aliphatic carbocycles. The van der Waals surface area contributed by atoms with Crippen molar-refractivity contribution < 1.29 is 22.8 Å². The van der Waals surface area contributed by atoms with Crippen LogP contribution in [-0.2, 0) is 6.54 Å². The fourth-order valence-corrected chi connectivity index (χ4v) is 1.17. The summed E-state index contributed by atoms with van der Waals surface area (Å²) in [6.07, 6.45) is -4.95. The minimum atomic E-state index is -4.95. The van der Waals surface area contributed by atoms with Crippen molar-refractivity contribution in [2.24, 2.45) is 5.73 Å². The number of ether oxygens (including phenoxy) is 1. The zero-order valence-electron chi connectivity index (χ0n) is 8.61. The first kappa shape index (κ1) is 13.2. The molecule has 0 aromatic carbocycles. The molecule has 2 N–H and O–H groups in total. The van der Waals surface area contributed by atoms with E-state index >= 15 is 0 Å². The largest absolute Gasteiger partial charge is 0.575 e. The summed E-state index contributed by atoms with van der Waals surface area (Å²) in [5.41, 5.74) is 5.29. The number of nitro groups is 1. The number of rotatable bonds is 3. The molecule has 94 valence electrons. The Morgan fingerprint density at radius 1 is 1.59 bits per heavy atom. The topological polar surface area (TPSA) is 91.3 Å². The molecule has 9 heteroatoms. The minimum Gasteiger partial charge on any atom is -0.366 e. The Morgan fingerprint density at radius 2 is 2.18 bits per heavy atom. The lowest BCUT2D eigenvalue weighted by Crippen LogP contribution is -2.19. The van der Waals surface area contributed by atoms with E-state index in [1.807, 2.05) is 0 Å². The van der Waals surface area contributed by atoms with Crippen LogP contribution in [0, 0.1) is 17.0 Å². The number of halogens is 3. The van der Waals surface area contributed by atoms with Gasteiger partial charge in [-0.2, -0.15) is 0 Å². The highest BCUT2D eigenvalue weighted by atomic mass is 19.4. The Morgan fingerprint density at radius 3 is 2.59 bits per heavy atom. The molecule has 1 rings (SSSR count). The fraction of sp³-hybridized carbons (Fsp3) is 0.375. The fourth-order valence-electron chi connectivity index (χ4n) is 1.17. The molecule has 0 radical (unpaired) electrons. The number of nitrogens with two attached hydrogens (primary N) is 1. The molecular weight excluding hydrogens is 243 g/mol. The molecule has 0 aliphatic heterocycles. The normalized spacial score (nSPS) is 11.4. The van der Waals surface area contributed by atoms with Gasteiger partial charge in [-0.25, -0.2) is 0 Å². The Kier molecular flexibility index (Phi) is 3.51. The van der Waals surface area contributed by atoms with Gasteiger partial charge in [-0.1, -0.05) is 0 Å². The molecule has 1 heterocycles. The van der Waals surface area contributed by atoms with Crippen molar-refractivity contribution in [1.82, 2.24) is 4.98 Å². The van der Waals surface area contributed by atoms with Crippen LogP contribution in [0.3, 0.4) is 0 Å². The van der Waals surface area contributed by atoms with E-state index in [9.17, 15) is 23.3 Å². The van der Waals surface area contributed by atoms with Gasteiger partial charge in [0.25, 0.3) is 0 Å². The van der Waals surface area contributed by atoms with E-state index in [1.165, 1.54) is 6.92 Å². The van der Waals surface area contributed by atoms with Gasteiger partial charge in [-0.05, 0) is 17.9 Å². The molecule has 0 fully saturated rings. The number of nitrogens with zero attached hydrogens (tertiary/aromatic N) is 2. The van der Waals surface area contributed by atoms with Crippen LogP contribution < -0.4 is 10.5 Å². The van der Waals surface area contributed by atoms with Gasteiger partial charge in [0, 0.05) is 17.1 Å². The first-order valence-electron chi connectivity index (χ1n) is 4.35. The van der Waals surface area contributed by atoms with Gasteiger partial charge in [-0.15, -0.1) is 13.2 Å². The van der Waals surface area contributed by atoms with Gasteiger partial charge in [-0.3, -0.25) is 0 Å². The van der Waals surface area contributed by atoms with Crippen LogP contribution in [0.15, 0.2) is 6.07 Å². The molecule has 0 aliphatic rings. The Bertz CT molecular complexity index is 448. The maximum atomic E-state index is 12.0. The summed E-state index contributed by atoms with van der Waals surface area (Å²) < 4.78 is 39.5. The Hall–Kier alpha value is -1.90. The highest BCUT2D eigenvalue weighted by molar-refractivity contribution is 5.41. The van der Waals surface area contributed by atoms with Gasteiger partial charge in [0.15, 0.2) is 0 Å². The molecule has 1 aromatic rings. The van der Waals surface area contributed by atoms with Crippen LogP contribution in [-0.4, -0.2) is 16.3 Å². The lowest BCUT2D eigenvalue weighted by atomic mass is 10.2. The van der Waals surface area contributed by atoms with Crippen molar-refractivity contribution in [3.8, 4) is 5.88 Å². The third-order valence-electron chi connectivity index (χ3n) is 1.83. The number of alkyl halides is 3. The summed E-state index contributed by atoms with van der Waals surface area (Å²) in [4.78, 5) is 12.9. The smallest absolute Gasteiger partial charge is 0.366 e. The zero-order valence-corrected chi connectivity index (χ0v) is 8.61. The first-order chi connectivity index (χ1) is 7.74. The van der Waals surface area contributed by atoms with Gasteiger partial charge >= 0.3 is 18.1 Å². The van der Waals surface area contributed by atoms with E-state index in [0.717, 1.165) is 6.07 Å². The molecule has 0 amide bonds. The van der Waals surface area contributed by atoms with Crippen molar-refractivity contribution in [2.75, 3.05) is 0 Å². The summed E-state index contributed by atoms with van der Waals surface area (Å²) in [6, 6.07) is 1.15. The molecule has 1 aromatic heterocycles. The van der Waals surface area contributed by atoms with Crippen LogP contribution in [0.5, 0.6) is 5.88 Å². The van der Waals surface area contributed by atoms with Crippen LogP contribution in [0.2, 0.25) is 0 Å². The third-order valence-corrected chi connectivity index (χ3v) is 1.83. The maximum Gasteiger partial charge on any atom is 0.575 e. The lowest BCUT2D eigenvalue weighted by Gasteiger charge is -2.08. The zero-order chi connectivity index (χ0) is 13.2. The summed E-state index contributed by atoms with van der Waals surface area (Å²) in [5, 5.41) is 10.6. The summed E-state index contributed by atoms with van der Waals surface area (Å²) in [5.74, 6) is -1.58. The van der Waals surface area contributed by atoms with Crippen molar-refractivity contribution in [1.29, 1.82) is 0 Å². The van der Waals surface area contributed by atoms with Gasteiger partial charge < -0.3 is 20.6 Å². The van der Waals surface area contributed by atoms with E-state index < -0.39 is 23.0 Å². The first-order valence-corrected chi connectivity index (χ1v) is 4.35. The van der Waals surface area contributed by atoms with Gasteiger partial charge in [0.1, 0.15) is 0 Å². The molecule has 0 saturated heterocycles. The van der Waals surface area contributed by atoms with E-state index in [2.05, 4.69) is 9.72 Å². The highest BCUT2D eigenvalue weighted by Crippen LogP contribution is 2.28. The second kappa shape index (κ2) is 4.53.